The SMILES string of the molecule is CCCNc1nc(NCC2CCC(O)C2)c2[nH]cnc2n1. The lowest BCUT2D eigenvalue weighted by atomic mass is 10.1. The zero-order valence-corrected chi connectivity index (χ0v) is 12.3. The lowest BCUT2D eigenvalue weighted by Crippen LogP contribution is -2.15. The summed E-state index contributed by atoms with van der Waals surface area (Å²) in [7, 11) is 0. The third kappa shape index (κ3) is 3.24. The highest BCUT2D eigenvalue weighted by Gasteiger charge is 2.23. The Hall–Kier alpha value is -1.89. The molecule has 0 bridgehead atoms. The molecule has 0 radical (unpaired) electrons. The molecule has 0 aromatic carbocycles. The number of aliphatic hydroxyl groups excluding tert-OH is 1. The smallest absolute Gasteiger partial charge is 0.226 e. The van der Waals surface area contributed by atoms with E-state index in [1.165, 1.54) is 0 Å². The number of aromatic nitrogens is 4. The summed E-state index contributed by atoms with van der Waals surface area (Å²) in [5.41, 5.74) is 1.49. The maximum absolute atomic E-state index is 9.60. The highest BCUT2D eigenvalue weighted by atomic mass is 16.3. The normalized spacial score (nSPS) is 21.8. The highest BCUT2D eigenvalue weighted by Crippen LogP contribution is 2.26. The van der Waals surface area contributed by atoms with Crippen LogP contribution in [-0.2, 0) is 0 Å². The van der Waals surface area contributed by atoms with Gasteiger partial charge in [-0.15, -0.1) is 0 Å². The topological polar surface area (TPSA) is 98.8 Å². The van der Waals surface area contributed by atoms with Gasteiger partial charge in [-0.25, -0.2) is 4.98 Å². The van der Waals surface area contributed by atoms with E-state index in [-0.39, 0.29) is 6.10 Å². The molecular weight excluding hydrogens is 268 g/mol. The average Bonchev–Trinajstić information content (AvgIpc) is 3.11. The maximum Gasteiger partial charge on any atom is 0.226 e. The Kier molecular flexibility index (Phi) is 4.19. The summed E-state index contributed by atoms with van der Waals surface area (Å²) in [6.45, 7) is 3.75. The number of hydrogen-bond donors (Lipinski definition) is 4. The molecule has 2 heterocycles. The Labute approximate surface area is 123 Å². The molecule has 2 unspecified atom stereocenters. The van der Waals surface area contributed by atoms with Gasteiger partial charge in [0.15, 0.2) is 11.5 Å². The van der Waals surface area contributed by atoms with Crippen LogP contribution in [0, 0.1) is 5.92 Å². The maximum atomic E-state index is 9.60. The minimum absolute atomic E-state index is 0.142. The number of anilines is 2. The first-order chi connectivity index (χ1) is 10.3. The van der Waals surface area contributed by atoms with Gasteiger partial charge in [-0.2, -0.15) is 9.97 Å². The summed E-state index contributed by atoms with van der Waals surface area (Å²) in [5, 5.41) is 16.2. The predicted octanol–water partition coefficient (Wildman–Crippen LogP) is 1.75. The lowest BCUT2D eigenvalue weighted by Gasteiger charge is -2.13. The minimum Gasteiger partial charge on any atom is -0.393 e. The first-order valence-corrected chi connectivity index (χ1v) is 7.63. The summed E-state index contributed by atoms with van der Waals surface area (Å²) >= 11 is 0. The molecule has 1 aliphatic rings. The molecule has 0 aliphatic heterocycles. The molecule has 1 aliphatic carbocycles. The summed E-state index contributed by atoms with van der Waals surface area (Å²) in [6, 6.07) is 0. The highest BCUT2D eigenvalue weighted by molar-refractivity contribution is 5.83. The molecule has 0 saturated heterocycles. The van der Waals surface area contributed by atoms with Crippen LogP contribution in [0.2, 0.25) is 0 Å². The fraction of sp³-hybridized carbons (Fsp3) is 0.643. The van der Waals surface area contributed by atoms with Gasteiger partial charge in [-0.1, -0.05) is 6.92 Å². The van der Waals surface area contributed by atoms with Crippen LogP contribution in [0.25, 0.3) is 11.2 Å². The lowest BCUT2D eigenvalue weighted by molar-refractivity contribution is 0.178. The Morgan fingerprint density at radius 2 is 2.24 bits per heavy atom. The molecule has 1 saturated carbocycles. The number of aliphatic hydroxyl groups is 1. The fourth-order valence-electron chi connectivity index (χ4n) is 2.75. The van der Waals surface area contributed by atoms with Crippen LogP contribution in [0.3, 0.4) is 0 Å². The molecule has 4 N–H and O–H groups in total. The van der Waals surface area contributed by atoms with Crippen LogP contribution in [0.1, 0.15) is 32.6 Å². The first kappa shape index (κ1) is 14.1. The van der Waals surface area contributed by atoms with Crippen LogP contribution in [0.5, 0.6) is 0 Å². The quantitative estimate of drug-likeness (QED) is 0.647. The molecule has 2 aromatic heterocycles. The molecule has 21 heavy (non-hydrogen) atoms. The summed E-state index contributed by atoms with van der Waals surface area (Å²) in [6.07, 6.45) is 5.34. The van der Waals surface area contributed by atoms with Gasteiger partial charge in [0.05, 0.1) is 12.4 Å². The van der Waals surface area contributed by atoms with Crippen molar-refractivity contribution in [1.29, 1.82) is 0 Å². The Morgan fingerprint density at radius 3 is 3.00 bits per heavy atom. The van der Waals surface area contributed by atoms with Gasteiger partial charge in [-0.05, 0) is 31.6 Å². The predicted molar refractivity (Wildman–Crippen MR) is 82.3 cm³/mol. The van der Waals surface area contributed by atoms with Gasteiger partial charge in [0.25, 0.3) is 0 Å². The van der Waals surface area contributed by atoms with E-state index in [9.17, 15) is 5.11 Å². The second-order valence-corrected chi connectivity index (χ2v) is 5.64. The van der Waals surface area contributed by atoms with E-state index >= 15 is 0 Å². The molecule has 0 amide bonds. The van der Waals surface area contributed by atoms with Crippen molar-refractivity contribution in [1.82, 2.24) is 19.9 Å². The molecule has 7 heteroatoms. The molecular formula is C14H22N6O. The number of rotatable bonds is 6. The van der Waals surface area contributed by atoms with Crippen molar-refractivity contribution in [2.24, 2.45) is 5.92 Å². The standard InChI is InChI=1S/C14H22N6O/c1-2-5-15-14-19-12(11-13(20-14)18-8-17-11)16-7-9-3-4-10(21)6-9/h8-10,21H,2-7H2,1H3,(H3,15,16,17,18,19,20). The summed E-state index contributed by atoms with van der Waals surface area (Å²) in [4.78, 5) is 16.2. The number of nitrogens with zero attached hydrogens (tertiary/aromatic N) is 3. The number of aromatic amines is 1. The number of imidazole rings is 1. The Morgan fingerprint density at radius 1 is 1.33 bits per heavy atom. The second kappa shape index (κ2) is 6.26. The van der Waals surface area contributed by atoms with E-state index < -0.39 is 0 Å². The van der Waals surface area contributed by atoms with Crippen LogP contribution in [0.15, 0.2) is 6.33 Å². The van der Waals surface area contributed by atoms with Crippen LogP contribution < -0.4 is 10.6 Å². The van der Waals surface area contributed by atoms with E-state index in [0.717, 1.165) is 50.1 Å². The van der Waals surface area contributed by atoms with Crippen molar-refractivity contribution in [3.05, 3.63) is 6.33 Å². The van der Waals surface area contributed by atoms with Gasteiger partial charge in [-0.3, -0.25) is 0 Å². The van der Waals surface area contributed by atoms with Gasteiger partial charge < -0.3 is 20.7 Å². The van der Waals surface area contributed by atoms with Crippen molar-refractivity contribution in [3.63, 3.8) is 0 Å². The summed E-state index contributed by atoms with van der Waals surface area (Å²) < 4.78 is 0. The molecule has 114 valence electrons. The molecule has 1 fully saturated rings. The molecule has 7 nitrogen and oxygen atoms in total. The van der Waals surface area contributed by atoms with Crippen molar-refractivity contribution < 1.29 is 5.11 Å². The number of H-pyrrole nitrogens is 1. The van der Waals surface area contributed by atoms with Crippen LogP contribution in [0.4, 0.5) is 11.8 Å². The summed E-state index contributed by atoms with van der Waals surface area (Å²) in [5.74, 6) is 1.88. The van der Waals surface area contributed by atoms with Gasteiger partial charge in [0.1, 0.15) is 5.52 Å². The number of hydrogen-bond acceptors (Lipinski definition) is 6. The Balaban J connectivity index is 1.74. The molecule has 2 atom stereocenters. The van der Waals surface area contributed by atoms with Gasteiger partial charge >= 0.3 is 0 Å². The van der Waals surface area contributed by atoms with Crippen molar-refractivity contribution >= 4 is 22.9 Å². The van der Waals surface area contributed by atoms with Gasteiger partial charge in [0.2, 0.25) is 5.95 Å². The zero-order chi connectivity index (χ0) is 14.7. The van der Waals surface area contributed by atoms with E-state index in [4.69, 9.17) is 0 Å². The first-order valence-electron chi connectivity index (χ1n) is 7.63. The second-order valence-electron chi connectivity index (χ2n) is 5.64. The number of nitrogens with one attached hydrogen (secondary N) is 3. The van der Waals surface area contributed by atoms with E-state index in [1.54, 1.807) is 6.33 Å². The molecule has 2 aromatic rings. The van der Waals surface area contributed by atoms with Crippen LogP contribution >= 0.6 is 0 Å². The van der Waals surface area contributed by atoms with Crippen molar-refractivity contribution in [3.8, 4) is 0 Å². The Bertz CT molecular complexity index is 598. The van der Waals surface area contributed by atoms with E-state index in [2.05, 4.69) is 37.5 Å². The van der Waals surface area contributed by atoms with Crippen molar-refractivity contribution in [2.75, 3.05) is 23.7 Å². The van der Waals surface area contributed by atoms with Crippen molar-refractivity contribution in [2.45, 2.75) is 38.7 Å². The van der Waals surface area contributed by atoms with E-state index in [0.29, 0.717) is 17.5 Å². The van der Waals surface area contributed by atoms with Gasteiger partial charge in [0, 0.05) is 13.1 Å². The molecule has 0 spiro atoms. The average molecular weight is 290 g/mol. The third-order valence-electron chi connectivity index (χ3n) is 3.89. The largest absolute Gasteiger partial charge is 0.393 e. The third-order valence-corrected chi connectivity index (χ3v) is 3.89. The van der Waals surface area contributed by atoms with Crippen LogP contribution in [-0.4, -0.2) is 44.2 Å². The minimum atomic E-state index is -0.142. The fourth-order valence-corrected chi connectivity index (χ4v) is 2.75. The monoisotopic (exact) mass is 290 g/mol. The molecule has 3 rings (SSSR count). The van der Waals surface area contributed by atoms with E-state index in [1.807, 2.05) is 0 Å². The zero-order valence-electron chi connectivity index (χ0n) is 12.3. The number of fused-ring (bicyclic) bond motifs is 1.